The van der Waals surface area contributed by atoms with Gasteiger partial charge in [0.15, 0.2) is 0 Å². The third kappa shape index (κ3) is 5.38. The third-order valence-corrected chi connectivity index (χ3v) is 2.68. The maximum Gasteiger partial charge on any atom is 0.223 e. The molecule has 0 aromatic rings. The molecule has 0 unspecified atom stereocenters. The Balaban J connectivity index is 0.00000196. The summed E-state index contributed by atoms with van der Waals surface area (Å²) in [5.74, 6) is 1.01. The first-order valence-corrected chi connectivity index (χ1v) is 5.60. The summed E-state index contributed by atoms with van der Waals surface area (Å²) in [4.78, 5) is 11.7. The Bertz CT molecular complexity index is 197. The maximum absolute atomic E-state index is 11.7. The lowest BCUT2D eigenvalue weighted by molar-refractivity contribution is -0.126. The van der Waals surface area contributed by atoms with E-state index in [2.05, 4.69) is 31.4 Å². The molecule has 15 heavy (non-hydrogen) atoms. The van der Waals surface area contributed by atoms with Crippen LogP contribution in [0.15, 0.2) is 0 Å². The Hall–Kier alpha value is -0.280. The SMILES string of the molecule is CC(C)CNC(=O)[C@H]1CCN[C@@H](C)C1.Cl. The van der Waals surface area contributed by atoms with E-state index in [0.717, 1.165) is 25.9 Å². The number of nitrogens with one attached hydrogen (secondary N) is 2. The zero-order valence-electron chi connectivity index (χ0n) is 9.88. The summed E-state index contributed by atoms with van der Waals surface area (Å²) < 4.78 is 0. The van der Waals surface area contributed by atoms with Crippen LogP contribution in [0.25, 0.3) is 0 Å². The van der Waals surface area contributed by atoms with Crippen LogP contribution in [0, 0.1) is 11.8 Å². The van der Waals surface area contributed by atoms with E-state index >= 15 is 0 Å². The second kappa shape index (κ2) is 7.07. The van der Waals surface area contributed by atoms with E-state index in [4.69, 9.17) is 0 Å². The van der Waals surface area contributed by atoms with Crippen molar-refractivity contribution in [3.63, 3.8) is 0 Å². The predicted octanol–water partition coefficient (Wildman–Crippen LogP) is 1.57. The number of carbonyl (C=O) groups excluding carboxylic acids is 1. The van der Waals surface area contributed by atoms with Crippen molar-refractivity contribution in [1.82, 2.24) is 10.6 Å². The number of hydrogen-bond acceptors (Lipinski definition) is 2. The molecule has 1 fully saturated rings. The number of halogens is 1. The van der Waals surface area contributed by atoms with Crippen molar-refractivity contribution >= 4 is 18.3 Å². The van der Waals surface area contributed by atoms with Gasteiger partial charge in [0, 0.05) is 18.5 Å². The minimum atomic E-state index is 0. The van der Waals surface area contributed by atoms with Gasteiger partial charge in [-0.25, -0.2) is 0 Å². The number of hydrogen-bond donors (Lipinski definition) is 2. The number of amides is 1. The molecule has 1 aliphatic rings. The van der Waals surface area contributed by atoms with Crippen molar-refractivity contribution in [2.24, 2.45) is 11.8 Å². The number of piperidine rings is 1. The second-order valence-corrected chi connectivity index (χ2v) is 4.72. The van der Waals surface area contributed by atoms with Crippen LogP contribution in [0.1, 0.15) is 33.6 Å². The molecule has 0 aliphatic carbocycles. The van der Waals surface area contributed by atoms with Crippen LogP contribution >= 0.6 is 12.4 Å². The van der Waals surface area contributed by atoms with Crippen LogP contribution in [0.3, 0.4) is 0 Å². The Morgan fingerprint density at radius 3 is 2.73 bits per heavy atom. The molecule has 1 amide bonds. The maximum atomic E-state index is 11.7. The van der Waals surface area contributed by atoms with Gasteiger partial charge in [0.05, 0.1) is 0 Å². The van der Waals surface area contributed by atoms with Crippen molar-refractivity contribution in [2.75, 3.05) is 13.1 Å². The van der Waals surface area contributed by atoms with Crippen molar-refractivity contribution in [3.8, 4) is 0 Å². The van der Waals surface area contributed by atoms with Crippen LogP contribution in [-0.4, -0.2) is 25.0 Å². The van der Waals surface area contributed by atoms with Crippen LogP contribution in [0.5, 0.6) is 0 Å². The molecule has 2 atom stereocenters. The minimum absolute atomic E-state index is 0. The van der Waals surface area contributed by atoms with Crippen molar-refractivity contribution in [3.05, 3.63) is 0 Å². The molecule has 0 spiro atoms. The summed E-state index contributed by atoms with van der Waals surface area (Å²) in [6.45, 7) is 8.15. The summed E-state index contributed by atoms with van der Waals surface area (Å²) in [5, 5.41) is 6.36. The highest BCUT2D eigenvalue weighted by molar-refractivity contribution is 5.85. The van der Waals surface area contributed by atoms with Gasteiger partial charge in [0.25, 0.3) is 0 Å². The molecule has 0 radical (unpaired) electrons. The van der Waals surface area contributed by atoms with E-state index in [0.29, 0.717) is 12.0 Å². The molecule has 0 bridgehead atoms. The first-order valence-electron chi connectivity index (χ1n) is 5.60. The molecule has 0 saturated carbocycles. The van der Waals surface area contributed by atoms with Crippen LogP contribution < -0.4 is 10.6 Å². The van der Waals surface area contributed by atoms with Gasteiger partial charge in [-0.3, -0.25) is 4.79 Å². The predicted molar refractivity (Wildman–Crippen MR) is 65.3 cm³/mol. The van der Waals surface area contributed by atoms with Crippen molar-refractivity contribution in [1.29, 1.82) is 0 Å². The highest BCUT2D eigenvalue weighted by Gasteiger charge is 2.24. The second-order valence-electron chi connectivity index (χ2n) is 4.72. The third-order valence-electron chi connectivity index (χ3n) is 2.68. The van der Waals surface area contributed by atoms with Gasteiger partial charge in [-0.1, -0.05) is 13.8 Å². The fourth-order valence-electron chi connectivity index (χ4n) is 1.82. The Morgan fingerprint density at radius 1 is 1.53 bits per heavy atom. The standard InChI is InChI=1S/C11H22N2O.ClH/c1-8(2)7-13-11(14)10-4-5-12-9(3)6-10;/h8-10,12H,4-7H2,1-3H3,(H,13,14);1H/t9-,10-;/m0./s1. The first kappa shape index (κ1) is 14.7. The molecule has 0 aromatic carbocycles. The first-order chi connectivity index (χ1) is 6.59. The van der Waals surface area contributed by atoms with Gasteiger partial charge in [-0.2, -0.15) is 0 Å². The van der Waals surface area contributed by atoms with Crippen molar-refractivity contribution in [2.45, 2.75) is 39.7 Å². The number of rotatable bonds is 3. The summed E-state index contributed by atoms with van der Waals surface area (Å²) in [6, 6.07) is 0.485. The molecule has 4 heteroatoms. The summed E-state index contributed by atoms with van der Waals surface area (Å²) >= 11 is 0. The molecular formula is C11H23ClN2O. The average Bonchev–Trinajstić information content (AvgIpc) is 2.14. The topological polar surface area (TPSA) is 41.1 Å². The summed E-state index contributed by atoms with van der Waals surface area (Å²) in [7, 11) is 0. The monoisotopic (exact) mass is 234 g/mol. The molecule has 0 aromatic heterocycles. The van der Waals surface area contributed by atoms with Gasteiger partial charge in [0.2, 0.25) is 5.91 Å². The fraction of sp³-hybridized carbons (Fsp3) is 0.909. The molecule has 2 N–H and O–H groups in total. The van der Waals surface area contributed by atoms with E-state index < -0.39 is 0 Å². The normalized spacial score (nSPS) is 25.9. The van der Waals surface area contributed by atoms with E-state index in [9.17, 15) is 4.79 Å². The molecule has 1 aliphatic heterocycles. The summed E-state index contributed by atoms with van der Waals surface area (Å²) in [5.41, 5.74) is 0. The lowest BCUT2D eigenvalue weighted by Gasteiger charge is -2.27. The zero-order chi connectivity index (χ0) is 10.6. The van der Waals surface area contributed by atoms with Gasteiger partial charge in [-0.15, -0.1) is 12.4 Å². The highest BCUT2D eigenvalue weighted by atomic mass is 35.5. The van der Waals surface area contributed by atoms with Crippen LogP contribution in [0.4, 0.5) is 0 Å². The zero-order valence-corrected chi connectivity index (χ0v) is 10.7. The highest BCUT2D eigenvalue weighted by Crippen LogP contribution is 2.15. The van der Waals surface area contributed by atoms with E-state index in [1.165, 1.54) is 0 Å². The summed E-state index contributed by atoms with van der Waals surface area (Å²) in [6.07, 6.45) is 1.96. The molecule has 90 valence electrons. The van der Waals surface area contributed by atoms with E-state index in [1.54, 1.807) is 0 Å². The van der Waals surface area contributed by atoms with Gasteiger partial charge >= 0.3 is 0 Å². The van der Waals surface area contributed by atoms with Gasteiger partial charge in [-0.05, 0) is 32.2 Å². The number of carbonyl (C=O) groups is 1. The molecule has 1 heterocycles. The Kier molecular flexibility index (Phi) is 6.94. The molecule has 1 rings (SSSR count). The van der Waals surface area contributed by atoms with Crippen molar-refractivity contribution < 1.29 is 4.79 Å². The van der Waals surface area contributed by atoms with Crippen LogP contribution in [-0.2, 0) is 4.79 Å². The Morgan fingerprint density at radius 2 is 2.20 bits per heavy atom. The molecular weight excluding hydrogens is 212 g/mol. The largest absolute Gasteiger partial charge is 0.356 e. The Labute approximate surface area is 98.8 Å². The average molecular weight is 235 g/mol. The quantitative estimate of drug-likeness (QED) is 0.779. The minimum Gasteiger partial charge on any atom is -0.356 e. The van der Waals surface area contributed by atoms with E-state index in [1.807, 2.05) is 0 Å². The van der Waals surface area contributed by atoms with E-state index in [-0.39, 0.29) is 24.2 Å². The van der Waals surface area contributed by atoms with Gasteiger partial charge in [0.1, 0.15) is 0 Å². The van der Waals surface area contributed by atoms with Gasteiger partial charge < -0.3 is 10.6 Å². The molecule has 1 saturated heterocycles. The van der Waals surface area contributed by atoms with Crippen LogP contribution in [0.2, 0.25) is 0 Å². The smallest absolute Gasteiger partial charge is 0.223 e. The fourth-order valence-corrected chi connectivity index (χ4v) is 1.82. The molecule has 3 nitrogen and oxygen atoms in total. The lowest BCUT2D eigenvalue weighted by Crippen LogP contribution is -2.43. The lowest BCUT2D eigenvalue weighted by atomic mass is 9.92.